The quantitative estimate of drug-likeness (QED) is 0.272. The number of nitro groups is 1. The Balaban J connectivity index is 1.89. The number of aryl methyl sites for hydroxylation is 4. The summed E-state index contributed by atoms with van der Waals surface area (Å²) in [6, 6.07) is 14.9. The van der Waals surface area contributed by atoms with E-state index in [0.717, 1.165) is 33.9 Å². The van der Waals surface area contributed by atoms with Crippen molar-refractivity contribution in [3.05, 3.63) is 92.5 Å². The fraction of sp³-hybridized carbons (Fsp3) is 0.208. The Bertz CT molecular complexity index is 1360. The Kier molecular flexibility index (Phi) is 6.83. The van der Waals surface area contributed by atoms with Crippen LogP contribution in [0.1, 0.15) is 34.7 Å². The molecule has 0 aliphatic carbocycles. The first-order chi connectivity index (χ1) is 15.5. The standard InChI is InChI=1S/C24H26N4O4S/c1-15-6-10-22(18(4)12-15)27-33(31,32)21-9-11-23(24(14-21)28(29)30)26-25-19(5)20-8-7-16(2)17(3)13-20/h6-14,26-27H,1-5H3. The summed E-state index contributed by atoms with van der Waals surface area (Å²) in [6.45, 7) is 9.49. The lowest BCUT2D eigenvalue weighted by Gasteiger charge is -2.12. The predicted molar refractivity (Wildman–Crippen MR) is 132 cm³/mol. The van der Waals surface area contributed by atoms with Crippen LogP contribution < -0.4 is 10.1 Å². The Morgan fingerprint density at radius 1 is 0.879 bits per heavy atom. The molecule has 0 radical (unpaired) electrons. The third-order valence-electron chi connectivity index (χ3n) is 5.37. The molecule has 0 unspecified atom stereocenters. The third-order valence-corrected chi connectivity index (χ3v) is 6.73. The van der Waals surface area contributed by atoms with E-state index in [9.17, 15) is 18.5 Å². The molecule has 0 heterocycles. The van der Waals surface area contributed by atoms with Crippen LogP contribution in [0.3, 0.4) is 0 Å². The van der Waals surface area contributed by atoms with E-state index in [-0.39, 0.29) is 10.6 Å². The number of nitrogens with one attached hydrogen (secondary N) is 2. The van der Waals surface area contributed by atoms with Gasteiger partial charge in [-0.05, 0) is 81.1 Å². The predicted octanol–water partition coefficient (Wildman–Crippen LogP) is 5.47. The van der Waals surface area contributed by atoms with Crippen LogP contribution in [0.2, 0.25) is 0 Å². The largest absolute Gasteiger partial charge is 0.295 e. The highest BCUT2D eigenvalue weighted by molar-refractivity contribution is 7.92. The summed E-state index contributed by atoms with van der Waals surface area (Å²) < 4.78 is 28.2. The first-order valence-corrected chi connectivity index (χ1v) is 11.7. The van der Waals surface area contributed by atoms with Crippen molar-refractivity contribution in [2.24, 2.45) is 5.10 Å². The summed E-state index contributed by atoms with van der Waals surface area (Å²) in [7, 11) is -4.02. The average Bonchev–Trinajstić information content (AvgIpc) is 2.75. The molecule has 0 saturated carbocycles. The smallest absolute Gasteiger partial charge is 0.279 e. The number of hydrogen-bond donors (Lipinski definition) is 2. The Labute approximate surface area is 193 Å². The molecule has 9 heteroatoms. The molecule has 3 rings (SSSR count). The van der Waals surface area contributed by atoms with E-state index in [1.54, 1.807) is 26.0 Å². The van der Waals surface area contributed by atoms with Gasteiger partial charge < -0.3 is 0 Å². The topological polar surface area (TPSA) is 114 Å². The first-order valence-electron chi connectivity index (χ1n) is 10.2. The second-order valence-corrected chi connectivity index (χ2v) is 9.65. The minimum atomic E-state index is -4.02. The second kappa shape index (κ2) is 9.41. The van der Waals surface area contributed by atoms with Gasteiger partial charge in [0.05, 0.1) is 21.2 Å². The Morgan fingerprint density at radius 2 is 1.58 bits per heavy atom. The monoisotopic (exact) mass is 466 g/mol. The lowest BCUT2D eigenvalue weighted by molar-refractivity contribution is -0.384. The van der Waals surface area contributed by atoms with Crippen molar-refractivity contribution in [1.29, 1.82) is 0 Å². The van der Waals surface area contributed by atoms with Crippen LogP contribution in [0, 0.1) is 37.8 Å². The highest BCUT2D eigenvalue weighted by atomic mass is 32.2. The molecule has 0 saturated heterocycles. The number of nitro benzene ring substituents is 1. The molecule has 33 heavy (non-hydrogen) atoms. The van der Waals surface area contributed by atoms with Crippen LogP contribution >= 0.6 is 0 Å². The zero-order valence-electron chi connectivity index (χ0n) is 19.1. The third kappa shape index (κ3) is 5.56. The van der Waals surface area contributed by atoms with Crippen LogP contribution in [-0.4, -0.2) is 19.1 Å². The van der Waals surface area contributed by atoms with E-state index in [1.807, 2.05) is 45.0 Å². The van der Waals surface area contributed by atoms with E-state index < -0.39 is 20.6 Å². The van der Waals surface area contributed by atoms with E-state index in [1.165, 1.54) is 12.1 Å². The van der Waals surface area contributed by atoms with Gasteiger partial charge in [-0.1, -0.05) is 29.8 Å². The van der Waals surface area contributed by atoms with Gasteiger partial charge in [0.1, 0.15) is 5.69 Å². The summed E-state index contributed by atoms with van der Waals surface area (Å²) in [4.78, 5) is 10.8. The Hall–Kier alpha value is -3.72. The molecule has 3 aromatic rings. The Morgan fingerprint density at radius 3 is 2.21 bits per heavy atom. The molecule has 172 valence electrons. The van der Waals surface area contributed by atoms with Crippen molar-refractivity contribution < 1.29 is 13.3 Å². The molecule has 3 aromatic carbocycles. The van der Waals surface area contributed by atoms with Gasteiger partial charge in [0.25, 0.3) is 15.7 Å². The van der Waals surface area contributed by atoms with E-state index in [0.29, 0.717) is 11.4 Å². The number of hydrogen-bond acceptors (Lipinski definition) is 6. The maximum Gasteiger partial charge on any atom is 0.295 e. The molecule has 0 aliphatic heterocycles. The molecule has 0 fully saturated rings. The van der Waals surface area contributed by atoms with Crippen molar-refractivity contribution in [3.63, 3.8) is 0 Å². The molecule has 0 atom stereocenters. The fourth-order valence-corrected chi connectivity index (χ4v) is 4.38. The van der Waals surface area contributed by atoms with Gasteiger partial charge in [-0.3, -0.25) is 20.3 Å². The van der Waals surface area contributed by atoms with Crippen LogP contribution in [0.25, 0.3) is 0 Å². The highest BCUT2D eigenvalue weighted by Gasteiger charge is 2.22. The minimum Gasteiger partial charge on any atom is -0.279 e. The summed E-state index contributed by atoms with van der Waals surface area (Å²) in [5, 5.41) is 15.9. The van der Waals surface area contributed by atoms with Crippen molar-refractivity contribution in [3.8, 4) is 0 Å². The van der Waals surface area contributed by atoms with Gasteiger partial charge in [0.15, 0.2) is 0 Å². The van der Waals surface area contributed by atoms with Crippen molar-refractivity contribution >= 4 is 32.8 Å². The van der Waals surface area contributed by atoms with Crippen molar-refractivity contribution in [2.75, 3.05) is 10.1 Å². The molecule has 0 bridgehead atoms. The summed E-state index contributed by atoms with van der Waals surface area (Å²) >= 11 is 0. The SMILES string of the molecule is CC(=NNc1ccc(S(=O)(=O)Nc2ccc(C)cc2C)cc1[N+](=O)[O-])c1ccc(C)c(C)c1. The van der Waals surface area contributed by atoms with Crippen LogP contribution in [0.4, 0.5) is 17.1 Å². The zero-order valence-corrected chi connectivity index (χ0v) is 19.9. The summed E-state index contributed by atoms with van der Waals surface area (Å²) in [6.07, 6.45) is 0. The number of benzene rings is 3. The van der Waals surface area contributed by atoms with Crippen molar-refractivity contribution in [1.82, 2.24) is 0 Å². The molecule has 2 N–H and O–H groups in total. The summed E-state index contributed by atoms with van der Waals surface area (Å²) in [5.74, 6) is 0. The van der Waals surface area contributed by atoms with Gasteiger partial charge >= 0.3 is 0 Å². The minimum absolute atomic E-state index is 0.0913. The maximum atomic E-state index is 12.9. The molecule has 0 amide bonds. The van der Waals surface area contributed by atoms with Gasteiger partial charge in [-0.2, -0.15) is 5.10 Å². The van der Waals surface area contributed by atoms with Crippen LogP contribution in [0.5, 0.6) is 0 Å². The normalized spacial score (nSPS) is 11.8. The fourth-order valence-electron chi connectivity index (χ4n) is 3.23. The molecule has 0 spiro atoms. The zero-order chi connectivity index (χ0) is 24.3. The number of nitrogens with zero attached hydrogens (tertiary/aromatic N) is 2. The summed E-state index contributed by atoms with van der Waals surface area (Å²) in [5.41, 5.74) is 8.35. The van der Waals surface area contributed by atoms with E-state index in [2.05, 4.69) is 15.2 Å². The second-order valence-electron chi connectivity index (χ2n) is 7.97. The van der Waals surface area contributed by atoms with E-state index in [4.69, 9.17) is 0 Å². The molecule has 8 nitrogen and oxygen atoms in total. The van der Waals surface area contributed by atoms with Crippen LogP contribution in [-0.2, 0) is 10.0 Å². The van der Waals surface area contributed by atoms with Gasteiger partial charge in [-0.25, -0.2) is 8.42 Å². The number of rotatable bonds is 7. The van der Waals surface area contributed by atoms with Gasteiger partial charge in [0, 0.05) is 6.07 Å². The highest BCUT2D eigenvalue weighted by Crippen LogP contribution is 2.29. The molecular weight excluding hydrogens is 440 g/mol. The first kappa shape index (κ1) is 23.9. The van der Waals surface area contributed by atoms with Gasteiger partial charge in [-0.15, -0.1) is 0 Å². The average molecular weight is 467 g/mol. The van der Waals surface area contributed by atoms with Crippen LogP contribution in [0.15, 0.2) is 64.6 Å². The number of anilines is 2. The molecular formula is C24H26N4O4S. The van der Waals surface area contributed by atoms with Crippen molar-refractivity contribution in [2.45, 2.75) is 39.5 Å². The maximum absolute atomic E-state index is 12.9. The lowest BCUT2D eigenvalue weighted by atomic mass is 10.0. The lowest BCUT2D eigenvalue weighted by Crippen LogP contribution is -2.14. The van der Waals surface area contributed by atoms with E-state index >= 15 is 0 Å². The molecule has 0 aromatic heterocycles. The van der Waals surface area contributed by atoms with Gasteiger partial charge in [0.2, 0.25) is 0 Å². The molecule has 0 aliphatic rings. The number of sulfonamides is 1. The number of hydrazone groups is 1.